The van der Waals surface area contributed by atoms with Gasteiger partial charge in [-0.25, -0.2) is 9.78 Å². The summed E-state index contributed by atoms with van der Waals surface area (Å²) in [7, 11) is 3.19. The van der Waals surface area contributed by atoms with Gasteiger partial charge in [-0.3, -0.25) is 4.79 Å². The molecule has 1 atom stereocenters. The van der Waals surface area contributed by atoms with Gasteiger partial charge in [0.05, 0.1) is 30.5 Å². The summed E-state index contributed by atoms with van der Waals surface area (Å²) < 4.78 is 15.6. The number of hydrogen-bond acceptors (Lipinski definition) is 6. The highest BCUT2D eigenvalue weighted by atomic mass is 16.5. The second-order valence-electron chi connectivity index (χ2n) is 8.00. The van der Waals surface area contributed by atoms with Crippen LogP contribution in [0.5, 0.6) is 5.75 Å². The predicted octanol–water partition coefficient (Wildman–Crippen LogP) is 4.37. The van der Waals surface area contributed by atoms with Gasteiger partial charge in [0, 0.05) is 24.1 Å². The number of carbonyl (C=O) groups is 2. The Morgan fingerprint density at radius 3 is 2.53 bits per heavy atom. The van der Waals surface area contributed by atoms with Crippen molar-refractivity contribution in [3.05, 3.63) is 72.3 Å². The van der Waals surface area contributed by atoms with Crippen LogP contribution in [0.15, 0.2) is 66.7 Å². The van der Waals surface area contributed by atoms with Crippen LogP contribution in [-0.4, -0.2) is 50.3 Å². The molecule has 7 heteroatoms. The van der Waals surface area contributed by atoms with Crippen LogP contribution in [0, 0.1) is 0 Å². The van der Waals surface area contributed by atoms with Crippen molar-refractivity contribution in [2.45, 2.75) is 13.0 Å². The van der Waals surface area contributed by atoms with E-state index in [1.807, 2.05) is 67.6 Å². The van der Waals surface area contributed by atoms with Gasteiger partial charge in [-0.1, -0.05) is 36.4 Å². The third kappa shape index (κ3) is 5.15. The Morgan fingerprint density at radius 2 is 1.74 bits per heavy atom. The van der Waals surface area contributed by atoms with Gasteiger partial charge in [0.1, 0.15) is 5.75 Å². The standard InChI is InChI=1S/C27H26N2O5/c1-17(15-32-2)28-26(30)16-34-27(31)23-14-25(29-24-7-5-4-6-22(23)24)20-9-8-19-13-21(33-3)11-10-18(19)12-20/h4-14,17H,15-16H2,1-3H3,(H,28,30). The number of para-hydroxylation sites is 1. The molecule has 1 amide bonds. The first kappa shape index (κ1) is 23.2. The van der Waals surface area contributed by atoms with E-state index in [2.05, 4.69) is 5.32 Å². The van der Waals surface area contributed by atoms with Gasteiger partial charge in [0.2, 0.25) is 0 Å². The molecule has 1 N–H and O–H groups in total. The van der Waals surface area contributed by atoms with Crippen molar-refractivity contribution in [2.24, 2.45) is 0 Å². The lowest BCUT2D eigenvalue weighted by atomic mass is 10.0. The van der Waals surface area contributed by atoms with Gasteiger partial charge in [-0.15, -0.1) is 0 Å². The number of hydrogen-bond donors (Lipinski definition) is 1. The molecule has 4 rings (SSSR count). The van der Waals surface area contributed by atoms with E-state index in [0.717, 1.165) is 22.1 Å². The SMILES string of the molecule is COCC(C)NC(=O)COC(=O)c1cc(-c2ccc3cc(OC)ccc3c2)nc2ccccc12. The first-order valence-corrected chi connectivity index (χ1v) is 10.9. The summed E-state index contributed by atoms with van der Waals surface area (Å²) in [6.07, 6.45) is 0. The quantitative estimate of drug-likeness (QED) is 0.395. The molecule has 0 bridgehead atoms. The molecular weight excluding hydrogens is 432 g/mol. The highest BCUT2D eigenvalue weighted by Crippen LogP contribution is 2.29. The third-order valence-electron chi connectivity index (χ3n) is 5.44. The van der Waals surface area contributed by atoms with Crippen LogP contribution >= 0.6 is 0 Å². The van der Waals surface area contributed by atoms with Crippen LogP contribution < -0.4 is 10.1 Å². The number of benzene rings is 3. The van der Waals surface area contributed by atoms with Gasteiger partial charge < -0.3 is 19.5 Å². The van der Waals surface area contributed by atoms with E-state index >= 15 is 0 Å². The summed E-state index contributed by atoms with van der Waals surface area (Å²) >= 11 is 0. The summed E-state index contributed by atoms with van der Waals surface area (Å²) in [5, 5.41) is 5.45. The normalized spacial score (nSPS) is 11.9. The van der Waals surface area contributed by atoms with Crippen molar-refractivity contribution in [2.75, 3.05) is 27.4 Å². The molecule has 0 spiro atoms. The van der Waals surface area contributed by atoms with Gasteiger partial charge in [0.15, 0.2) is 6.61 Å². The lowest BCUT2D eigenvalue weighted by Crippen LogP contribution is -2.38. The summed E-state index contributed by atoms with van der Waals surface area (Å²) in [6, 6.07) is 20.7. The van der Waals surface area contributed by atoms with Crippen LogP contribution in [0.1, 0.15) is 17.3 Å². The number of pyridine rings is 1. The second kappa shape index (κ2) is 10.3. The molecule has 3 aromatic carbocycles. The molecule has 174 valence electrons. The van der Waals surface area contributed by atoms with Crippen LogP contribution in [0.4, 0.5) is 0 Å². The minimum atomic E-state index is -0.583. The minimum Gasteiger partial charge on any atom is -0.497 e. The zero-order valence-electron chi connectivity index (χ0n) is 19.3. The number of methoxy groups -OCH3 is 2. The Labute approximate surface area is 197 Å². The fourth-order valence-electron chi connectivity index (χ4n) is 3.82. The Bertz CT molecular complexity index is 1350. The number of ether oxygens (including phenoxy) is 3. The number of carbonyl (C=O) groups excluding carboxylic acids is 2. The summed E-state index contributed by atoms with van der Waals surface area (Å²) in [5.74, 6) is -0.184. The minimum absolute atomic E-state index is 0.183. The van der Waals surface area contributed by atoms with Crippen LogP contribution in [0.25, 0.3) is 32.9 Å². The fourth-order valence-corrected chi connectivity index (χ4v) is 3.82. The number of esters is 1. The molecular formula is C27H26N2O5. The maximum absolute atomic E-state index is 13.0. The Morgan fingerprint density at radius 1 is 0.971 bits per heavy atom. The molecule has 0 radical (unpaired) electrons. The predicted molar refractivity (Wildman–Crippen MR) is 131 cm³/mol. The van der Waals surface area contributed by atoms with Gasteiger partial charge in [-0.05, 0) is 48.0 Å². The number of aromatic nitrogens is 1. The zero-order chi connectivity index (χ0) is 24.1. The molecule has 1 unspecified atom stereocenters. The lowest BCUT2D eigenvalue weighted by molar-refractivity contribution is -0.125. The van der Waals surface area contributed by atoms with Crippen molar-refractivity contribution in [3.63, 3.8) is 0 Å². The number of nitrogens with one attached hydrogen (secondary N) is 1. The average Bonchev–Trinajstić information content (AvgIpc) is 2.86. The zero-order valence-corrected chi connectivity index (χ0v) is 19.3. The van der Waals surface area contributed by atoms with Crippen LogP contribution in [0.2, 0.25) is 0 Å². The number of amides is 1. The fraction of sp³-hybridized carbons (Fsp3) is 0.222. The molecule has 7 nitrogen and oxygen atoms in total. The average molecular weight is 459 g/mol. The summed E-state index contributed by atoms with van der Waals surface area (Å²) in [4.78, 5) is 29.9. The number of rotatable bonds is 8. The monoisotopic (exact) mass is 458 g/mol. The Balaban J connectivity index is 1.63. The van der Waals surface area contributed by atoms with Crippen molar-refractivity contribution in [1.29, 1.82) is 0 Å². The first-order chi connectivity index (χ1) is 16.5. The van der Waals surface area contributed by atoms with E-state index in [9.17, 15) is 9.59 Å². The maximum Gasteiger partial charge on any atom is 0.339 e. The largest absolute Gasteiger partial charge is 0.497 e. The smallest absolute Gasteiger partial charge is 0.339 e. The molecule has 34 heavy (non-hydrogen) atoms. The molecule has 0 saturated carbocycles. The van der Waals surface area contributed by atoms with Gasteiger partial charge in [0.25, 0.3) is 5.91 Å². The van der Waals surface area contributed by atoms with E-state index in [1.54, 1.807) is 20.3 Å². The van der Waals surface area contributed by atoms with E-state index in [4.69, 9.17) is 19.2 Å². The van der Waals surface area contributed by atoms with Crippen molar-refractivity contribution in [1.82, 2.24) is 10.3 Å². The van der Waals surface area contributed by atoms with Crippen molar-refractivity contribution >= 4 is 33.6 Å². The molecule has 0 saturated heterocycles. The van der Waals surface area contributed by atoms with Gasteiger partial charge in [-0.2, -0.15) is 0 Å². The van der Waals surface area contributed by atoms with E-state index < -0.39 is 5.97 Å². The molecule has 0 aliphatic rings. The molecule has 0 fully saturated rings. The van der Waals surface area contributed by atoms with Gasteiger partial charge >= 0.3 is 5.97 Å². The highest BCUT2D eigenvalue weighted by molar-refractivity contribution is 6.05. The maximum atomic E-state index is 13.0. The Kier molecular flexibility index (Phi) is 7.04. The second-order valence-corrected chi connectivity index (χ2v) is 8.00. The van der Waals surface area contributed by atoms with Crippen LogP contribution in [-0.2, 0) is 14.3 Å². The first-order valence-electron chi connectivity index (χ1n) is 10.9. The number of fused-ring (bicyclic) bond motifs is 2. The molecule has 0 aliphatic heterocycles. The van der Waals surface area contributed by atoms with Crippen molar-refractivity contribution < 1.29 is 23.8 Å². The van der Waals surface area contributed by atoms with E-state index in [1.165, 1.54) is 0 Å². The number of nitrogens with zero attached hydrogens (tertiary/aromatic N) is 1. The molecule has 4 aromatic rings. The Hall–Kier alpha value is -3.97. The molecule has 1 aromatic heterocycles. The van der Waals surface area contributed by atoms with Crippen LogP contribution in [0.3, 0.4) is 0 Å². The summed E-state index contributed by atoms with van der Waals surface area (Å²) in [5.41, 5.74) is 2.53. The van der Waals surface area contributed by atoms with E-state index in [-0.39, 0.29) is 18.6 Å². The van der Waals surface area contributed by atoms with E-state index in [0.29, 0.717) is 28.8 Å². The highest BCUT2D eigenvalue weighted by Gasteiger charge is 2.17. The molecule has 0 aliphatic carbocycles. The molecule has 1 heterocycles. The van der Waals surface area contributed by atoms with Crippen molar-refractivity contribution in [3.8, 4) is 17.0 Å². The third-order valence-corrected chi connectivity index (χ3v) is 5.44. The lowest BCUT2D eigenvalue weighted by Gasteiger charge is -2.13. The summed E-state index contributed by atoms with van der Waals surface area (Å²) in [6.45, 7) is 1.80. The topological polar surface area (TPSA) is 86.8 Å².